The zero-order chi connectivity index (χ0) is 21.1. The van der Waals surface area contributed by atoms with Gasteiger partial charge >= 0.3 is 0 Å². The summed E-state index contributed by atoms with van der Waals surface area (Å²) in [4.78, 5) is 29.3. The number of aromatic nitrogens is 3. The van der Waals surface area contributed by atoms with E-state index in [-0.39, 0.29) is 24.1 Å². The van der Waals surface area contributed by atoms with Gasteiger partial charge in [-0.1, -0.05) is 53.5 Å². The fraction of sp³-hybridized carbons (Fsp3) is 0.143. The Balaban J connectivity index is 1.40. The van der Waals surface area contributed by atoms with E-state index in [1.807, 2.05) is 23.6 Å². The molecule has 9 heteroatoms. The molecule has 0 aliphatic rings. The fourth-order valence-electron chi connectivity index (χ4n) is 2.98. The molecule has 0 aliphatic heterocycles. The molecule has 0 bridgehead atoms. The fourth-order valence-corrected chi connectivity index (χ4v) is 4.19. The second kappa shape index (κ2) is 8.95. The molecule has 4 rings (SSSR count). The molecule has 4 aromatic rings. The number of halogens is 2. The van der Waals surface area contributed by atoms with E-state index in [1.54, 1.807) is 34.8 Å². The molecule has 0 saturated carbocycles. The highest BCUT2D eigenvalue weighted by Crippen LogP contribution is 2.33. The number of thiazole rings is 1. The highest BCUT2D eigenvalue weighted by atomic mass is 35.5. The van der Waals surface area contributed by atoms with Gasteiger partial charge in [0.2, 0.25) is 16.8 Å². The van der Waals surface area contributed by atoms with Gasteiger partial charge in [0.05, 0.1) is 10.7 Å². The standard InChI is InChI=1S/C21H16Cl2N4O2S/c22-14-9-10-16(23)15(11-14)17-12-30-21-25-20(26-27(17)21)24-19(29)8-4-7-18(28)13-5-2-1-3-6-13/h1-3,5-6,9-12H,4,7-8H2,(H,24,26,29). The first-order valence-corrected chi connectivity index (χ1v) is 10.8. The number of carbonyl (C=O) groups is 2. The van der Waals surface area contributed by atoms with E-state index in [9.17, 15) is 9.59 Å². The summed E-state index contributed by atoms with van der Waals surface area (Å²) in [6.07, 6.45) is 0.962. The Morgan fingerprint density at radius 3 is 2.67 bits per heavy atom. The SMILES string of the molecule is O=C(CCCC(=O)c1ccccc1)Nc1nc2scc(-c3cc(Cl)ccc3Cl)n2n1. The van der Waals surface area contributed by atoms with Crippen LogP contribution < -0.4 is 5.32 Å². The van der Waals surface area contributed by atoms with Gasteiger partial charge in [0, 0.05) is 34.4 Å². The van der Waals surface area contributed by atoms with Crippen LogP contribution in [0.5, 0.6) is 0 Å². The van der Waals surface area contributed by atoms with Crippen molar-refractivity contribution in [2.75, 3.05) is 5.32 Å². The zero-order valence-electron chi connectivity index (χ0n) is 15.6. The third-order valence-electron chi connectivity index (χ3n) is 4.44. The van der Waals surface area contributed by atoms with E-state index in [4.69, 9.17) is 23.2 Å². The van der Waals surface area contributed by atoms with E-state index in [0.717, 1.165) is 11.3 Å². The van der Waals surface area contributed by atoms with Gasteiger partial charge in [0.15, 0.2) is 5.78 Å². The van der Waals surface area contributed by atoms with E-state index in [0.29, 0.717) is 33.4 Å². The Morgan fingerprint density at radius 1 is 1.07 bits per heavy atom. The lowest BCUT2D eigenvalue weighted by Crippen LogP contribution is -2.13. The molecule has 0 fully saturated rings. The number of carbonyl (C=O) groups excluding carboxylic acids is 2. The second-order valence-corrected chi connectivity index (χ2v) is 8.25. The van der Waals surface area contributed by atoms with Crippen LogP contribution in [-0.4, -0.2) is 26.3 Å². The lowest BCUT2D eigenvalue weighted by atomic mass is 10.1. The number of fused-ring (bicyclic) bond motifs is 1. The van der Waals surface area contributed by atoms with Gasteiger partial charge < -0.3 is 0 Å². The van der Waals surface area contributed by atoms with Crippen LogP contribution in [0.3, 0.4) is 0 Å². The predicted molar refractivity (Wildman–Crippen MR) is 120 cm³/mol. The minimum Gasteiger partial charge on any atom is -0.294 e. The minimum atomic E-state index is -0.239. The van der Waals surface area contributed by atoms with Crippen molar-refractivity contribution < 1.29 is 9.59 Å². The molecule has 2 heterocycles. The van der Waals surface area contributed by atoms with Gasteiger partial charge in [-0.15, -0.1) is 16.4 Å². The number of nitrogens with zero attached hydrogens (tertiary/aromatic N) is 3. The van der Waals surface area contributed by atoms with Gasteiger partial charge in [-0.3, -0.25) is 14.9 Å². The molecule has 152 valence electrons. The summed E-state index contributed by atoms with van der Waals surface area (Å²) >= 11 is 13.8. The Hall–Kier alpha value is -2.74. The summed E-state index contributed by atoms with van der Waals surface area (Å²) < 4.78 is 1.62. The monoisotopic (exact) mass is 458 g/mol. The first-order chi connectivity index (χ1) is 14.5. The summed E-state index contributed by atoms with van der Waals surface area (Å²) in [7, 11) is 0. The summed E-state index contributed by atoms with van der Waals surface area (Å²) in [6, 6.07) is 14.2. The van der Waals surface area contributed by atoms with E-state index in [2.05, 4.69) is 15.4 Å². The lowest BCUT2D eigenvalue weighted by molar-refractivity contribution is -0.116. The van der Waals surface area contributed by atoms with Gasteiger partial charge in [-0.05, 0) is 24.6 Å². The van der Waals surface area contributed by atoms with Crippen LogP contribution >= 0.6 is 34.5 Å². The molecule has 1 amide bonds. The number of anilines is 1. The number of nitrogens with one attached hydrogen (secondary N) is 1. The minimum absolute atomic E-state index is 0.0204. The highest BCUT2D eigenvalue weighted by Gasteiger charge is 2.16. The maximum atomic E-state index is 12.2. The van der Waals surface area contributed by atoms with Crippen LogP contribution in [-0.2, 0) is 4.79 Å². The molecule has 0 saturated heterocycles. The van der Waals surface area contributed by atoms with Crippen molar-refractivity contribution in [3.8, 4) is 11.3 Å². The predicted octanol–water partition coefficient (Wildman–Crippen LogP) is 5.76. The first kappa shape index (κ1) is 20.5. The van der Waals surface area contributed by atoms with Crippen LogP contribution in [0.15, 0.2) is 53.9 Å². The molecule has 0 unspecified atom stereocenters. The number of rotatable bonds is 7. The zero-order valence-corrected chi connectivity index (χ0v) is 18.0. The van der Waals surface area contributed by atoms with Gasteiger partial charge in [0.25, 0.3) is 0 Å². The number of ketones is 1. The maximum Gasteiger partial charge on any atom is 0.250 e. The van der Waals surface area contributed by atoms with E-state index < -0.39 is 0 Å². The Labute approximate surface area is 186 Å². The number of hydrogen-bond donors (Lipinski definition) is 1. The maximum absolute atomic E-state index is 12.2. The van der Waals surface area contributed by atoms with E-state index >= 15 is 0 Å². The van der Waals surface area contributed by atoms with E-state index in [1.165, 1.54) is 11.3 Å². The Bertz CT molecular complexity index is 1220. The molecule has 2 aromatic carbocycles. The largest absolute Gasteiger partial charge is 0.294 e. The summed E-state index contributed by atoms with van der Waals surface area (Å²) in [5.41, 5.74) is 2.13. The lowest BCUT2D eigenvalue weighted by Gasteiger charge is -2.03. The third kappa shape index (κ3) is 4.53. The van der Waals surface area contributed by atoms with Crippen molar-refractivity contribution in [3.63, 3.8) is 0 Å². The molecule has 1 N–H and O–H groups in total. The highest BCUT2D eigenvalue weighted by molar-refractivity contribution is 7.15. The quantitative estimate of drug-likeness (QED) is 0.357. The van der Waals surface area contributed by atoms with Gasteiger partial charge in [-0.25, -0.2) is 4.52 Å². The van der Waals surface area contributed by atoms with Gasteiger partial charge in [0.1, 0.15) is 0 Å². The molecule has 2 aromatic heterocycles. The Kier molecular flexibility index (Phi) is 6.13. The molecule has 0 spiro atoms. The van der Waals surface area contributed by atoms with Crippen molar-refractivity contribution in [3.05, 3.63) is 69.5 Å². The summed E-state index contributed by atoms with van der Waals surface area (Å²) in [6.45, 7) is 0. The van der Waals surface area contributed by atoms with Gasteiger partial charge in [-0.2, -0.15) is 4.98 Å². The second-order valence-electron chi connectivity index (χ2n) is 6.57. The van der Waals surface area contributed by atoms with Crippen molar-refractivity contribution in [1.82, 2.24) is 14.6 Å². The number of hydrogen-bond acceptors (Lipinski definition) is 5. The van der Waals surface area contributed by atoms with Crippen molar-refractivity contribution in [2.24, 2.45) is 0 Å². The third-order valence-corrected chi connectivity index (χ3v) is 5.82. The number of benzene rings is 2. The average molecular weight is 459 g/mol. The van der Waals surface area contributed by atoms with Crippen molar-refractivity contribution >= 4 is 57.1 Å². The molecule has 0 atom stereocenters. The molecule has 6 nitrogen and oxygen atoms in total. The molecular weight excluding hydrogens is 443 g/mol. The topological polar surface area (TPSA) is 76.4 Å². The van der Waals surface area contributed by atoms with Crippen LogP contribution in [0.25, 0.3) is 16.2 Å². The number of amides is 1. The molecule has 0 aliphatic carbocycles. The van der Waals surface area contributed by atoms with Crippen LogP contribution in [0.2, 0.25) is 10.0 Å². The number of Topliss-reactive ketones (excluding diaryl/α,β-unsaturated/α-hetero) is 1. The molecule has 30 heavy (non-hydrogen) atoms. The van der Waals surface area contributed by atoms with Crippen molar-refractivity contribution in [2.45, 2.75) is 19.3 Å². The summed E-state index contributed by atoms with van der Waals surface area (Å²) in [5, 5.41) is 10.0. The summed E-state index contributed by atoms with van der Waals surface area (Å²) in [5.74, 6) is -0.0100. The first-order valence-electron chi connectivity index (χ1n) is 9.19. The normalized spacial score (nSPS) is 11.0. The Morgan fingerprint density at radius 2 is 1.87 bits per heavy atom. The van der Waals surface area contributed by atoms with Crippen LogP contribution in [0.1, 0.15) is 29.6 Å². The van der Waals surface area contributed by atoms with Crippen molar-refractivity contribution in [1.29, 1.82) is 0 Å². The smallest absolute Gasteiger partial charge is 0.250 e. The van der Waals surface area contributed by atoms with Crippen LogP contribution in [0, 0.1) is 0 Å². The molecular formula is C21H16Cl2N4O2S. The average Bonchev–Trinajstić information content (AvgIpc) is 3.30. The molecule has 0 radical (unpaired) electrons. The van der Waals surface area contributed by atoms with Crippen LogP contribution in [0.4, 0.5) is 5.95 Å².